The quantitative estimate of drug-likeness (QED) is 0.567. The second kappa shape index (κ2) is 8.95. The van der Waals surface area contributed by atoms with Crippen molar-refractivity contribution in [3.63, 3.8) is 0 Å². The summed E-state index contributed by atoms with van der Waals surface area (Å²) in [4.78, 5) is 8.78. The van der Waals surface area contributed by atoms with Crippen LogP contribution in [0.2, 0.25) is 0 Å². The summed E-state index contributed by atoms with van der Waals surface area (Å²) in [5.41, 5.74) is 0. The van der Waals surface area contributed by atoms with Gasteiger partial charge in [0, 0.05) is 41.8 Å². The zero-order chi connectivity index (χ0) is 17.5. The number of ether oxygens (including phenoxy) is 1. The monoisotopic (exact) mass is 361 g/mol. The number of rotatable bonds is 8. The van der Waals surface area contributed by atoms with Gasteiger partial charge in [-0.25, -0.2) is 0 Å². The molecule has 1 atom stereocenters. The van der Waals surface area contributed by atoms with Crippen LogP contribution in [0.3, 0.4) is 0 Å². The first-order valence-corrected chi connectivity index (χ1v) is 10.4. The van der Waals surface area contributed by atoms with Gasteiger partial charge in [-0.1, -0.05) is 18.2 Å². The van der Waals surface area contributed by atoms with E-state index in [1.54, 1.807) is 0 Å². The molecule has 4 nitrogen and oxygen atoms in total. The molecule has 1 aliphatic carbocycles. The summed E-state index contributed by atoms with van der Waals surface area (Å²) in [6, 6.07) is 10.7. The first-order chi connectivity index (χ1) is 12.2. The number of benzene rings is 1. The van der Waals surface area contributed by atoms with E-state index >= 15 is 0 Å². The molecular formula is C20H31N3OS. The molecule has 1 saturated heterocycles. The minimum absolute atomic E-state index is 0.312. The van der Waals surface area contributed by atoms with E-state index in [1.165, 1.54) is 24.2 Å². The Morgan fingerprint density at radius 2 is 2.12 bits per heavy atom. The Hall–Kier alpha value is -1.20. The van der Waals surface area contributed by atoms with E-state index < -0.39 is 0 Å². The lowest BCUT2D eigenvalue weighted by molar-refractivity contribution is 0.114. The highest BCUT2D eigenvalue weighted by molar-refractivity contribution is 8.01. The zero-order valence-electron chi connectivity index (χ0n) is 15.5. The molecule has 1 N–H and O–H groups in total. The van der Waals surface area contributed by atoms with Crippen molar-refractivity contribution < 1.29 is 4.74 Å². The highest BCUT2D eigenvalue weighted by Gasteiger charge is 2.43. The first-order valence-electron chi connectivity index (χ1n) is 9.60. The normalized spacial score (nSPS) is 22.2. The van der Waals surface area contributed by atoms with E-state index in [-0.39, 0.29) is 0 Å². The van der Waals surface area contributed by atoms with Gasteiger partial charge in [-0.3, -0.25) is 4.99 Å². The van der Waals surface area contributed by atoms with Crippen molar-refractivity contribution in [2.45, 2.75) is 42.8 Å². The topological polar surface area (TPSA) is 36.9 Å². The Bertz CT molecular complexity index is 559. The van der Waals surface area contributed by atoms with Crippen molar-refractivity contribution in [3.05, 3.63) is 30.3 Å². The maximum atomic E-state index is 5.61. The van der Waals surface area contributed by atoms with Gasteiger partial charge in [0.15, 0.2) is 5.96 Å². The SMILES string of the molecule is CCNC(=NCC1(Sc2ccccc2)CC1)N1CCC(COCC)C1. The van der Waals surface area contributed by atoms with Gasteiger partial charge >= 0.3 is 0 Å². The second-order valence-electron chi connectivity index (χ2n) is 7.03. The summed E-state index contributed by atoms with van der Waals surface area (Å²) in [7, 11) is 0. The minimum Gasteiger partial charge on any atom is -0.381 e. The van der Waals surface area contributed by atoms with Crippen molar-refractivity contribution in [3.8, 4) is 0 Å². The Kier molecular flexibility index (Phi) is 6.65. The van der Waals surface area contributed by atoms with Crippen molar-refractivity contribution >= 4 is 17.7 Å². The van der Waals surface area contributed by atoms with Crippen LogP contribution < -0.4 is 5.32 Å². The third-order valence-electron chi connectivity index (χ3n) is 4.88. The van der Waals surface area contributed by atoms with Gasteiger partial charge in [0.2, 0.25) is 0 Å². The molecule has 25 heavy (non-hydrogen) atoms. The average molecular weight is 362 g/mol. The van der Waals surface area contributed by atoms with E-state index in [4.69, 9.17) is 9.73 Å². The molecule has 0 bridgehead atoms. The van der Waals surface area contributed by atoms with Crippen LogP contribution in [0.4, 0.5) is 0 Å². The first kappa shape index (κ1) is 18.6. The molecule has 2 aliphatic rings. The predicted molar refractivity (Wildman–Crippen MR) is 106 cm³/mol. The Balaban J connectivity index is 1.57. The van der Waals surface area contributed by atoms with Gasteiger partial charge < -0.3 is 15.0 Å². The van der Waals surface area contributed by atoms with E-state index in [0.717, 1.165) is 45.4 Å². The van der Waals surface area contributed by atoms with E-state index in [9.17, 15) is 0 Å². The predicted octanol–water partition coefficient (Wildman–Crippen LogP) is 3.64. The standard InChI is InChI=1S/C20H31N3OS/c1-3-21-19(23-13-10-17(14-23)15-24-4-2)22-16-20(11-12-20)25-18-8-6-5-7-9-18/h5-9,17H,3-4,10-16H2,1-2H3,(H,21,22). The van der Waals surface area contributed by atoms with Crippen LogP contribution in [-0.2, 0) is 4.74 Å². The van der Waals surface area contributed by atoms with Gasteiger partial charge in [0.1, 0.15) is 0 Å². The Morgan fingerprint density at radius 3 is 2.80 bits per heavy atom. The molecule has 1 aliphatic heterocycles. The summed E-state index contributed by atoms with van der Waals surface area (Å²) in [6.45, 7) is 9.87. The summed E-state index contributed by atoms with van der Waals surface area (Å²) < 4.78 is 5.92. The Labute approximate surface area is 156 Å². The fourth-order valence-corrected chi connectivity index (χ4v) is 4.49. The molecule has 1 aromatic carbocycles. The van der Waals surface area contributed by atoms with Gasteiger partial charge in [-0.2, -0.15) is 0 Å². The zero-order valence-corrected chi connectivity index (χ0v) is 16.4. The number of hydrogen-bond donors (Lipinski definition) is 1. The molecular weight excluding hydrogens is 330 g/mol. The van der Waals surface area contributed by atoms with Gasteiger partial charge in [-0.05, 0) is 45.2 Å². The van der Waals surface area contributed by atoms with Crippen LogP contribution >= 0.6 is 11.8 Å². The number of thioether (sulfide) groups is 1. The fraction of sp³-hybridized carbons (Fsp3) is 0.650. The third kappa shape index (κ3) is 5.38. The van der Waals surface area contributed by atoms with E-state index in [2.05, 4.69) is 54.4 Å². The van der Waals surface area contributed by atoms with Crippen LogP contribution in [0, 0.1) is 5.92 Å². The van der Waals surface area contributed by atoms with Crippen LogP contribution in [0.1, 0.15) is 33.1 Å². The van der Waals surface area contributed by atoms with Gasteiger partial charge in [0.25, 0.3) is 0 Å². The van der Waals surface area contributed by atoms with Gasteiger partial charge in [-0.15, -0.1) is 11.8 Å². The molecule has 1 aromatic rings. The van der Waals surface area contributed by atoms with Crippen LogP contribution in [0.15, 0.2) is 40.2 Å². The maximum Gasteiger partial charge on any atom is 0.193 e. The lowest BCUT2D eigenvalue weighted by Gasteiger charge is -2.23. The average Bonchev–Trinajstić information content (AvgIpc) is 3.23. The van der Waals surface area contributed by atoms with Crippen molar-refractivity contribution in [1.29, 1.82) is 0 Å². The Morgan fingerprint density at radius 1 is 1.32 bits per heavy atom. The number of nitrogens with one attached hydrogen (secondary N) is 1. The third-order valence-corrected chi connectivity index (χ3v) is 6.36. The number of nitrogens with zero attached hydrogens (tertiary/aromatic N) is 2. The summed E-state index contributed by atoms with van der Waals surface area (Å²) in [5, 5.41) is 3.49. The van der Waals surface area contributed by atoms with E-state index in [1.807, 2.05) is 11.8 Å². The van der Waals surface area contributed by atoms with Crippen LogP contribution in [0.5, 0.6) is 0 Å². The summed E-state index contributed by atoms with van der Waals surface area (Å²) in [5.74, 6) is 1.72. The number of guanidine groups is 1. The fourth-order valence-electron chi connectivity index (χ4n) is 3.26. The molecule has 0 radical (unpaired) electrons. The maximum absolute atomic E-state index is 5.61. The highest BCUT2D eigenvalue weighted by atomic mass is 32.2. The smallest absolute Gasteiger partial charge is 0.193 e. The number of hydrogen-bond acceptors (Lipinski definition) is 3. The summed E-state index contributed by atoms with van der Waals surface area (Å²) >= 11 is 2.00. The second-order valence-corrected chi connectivity index (χ2v) is 8.57. The van der Waals surface area contributed by atoms with Crippen molar-refractivity contribution in [2.75, 3.05) is 39.4 Å². The van der Waals surface area contributed by atoms with Crippen LogP contribution in [-0.4, -0.2) is 55.0 Å². The minimum atomic E-state index is 0.312. The molecule has 2 fully saturated rings. The molecule has 0 spiro atoms. The van der Waals surface area contributed by atoms with E-state index in [0.29, 0.717) is 10.7 Å². The number of likely N-dealkylation sites (tertiary alicyclic amines) is 1. The largest absolute Gasteiger partial charge is 0.381 e. The van der Waals surface area contributed by atoms with Crippen molar-refractivity contribution in [2.24, 2.45) is 10.9 Å². The number of aliphatic imine (C=N–C) groups is 1. The molecule has 0 amide bonds. The molecule has 5 heteroatoms. The molecule has 1 unspecified atom stereocenters. The molecule has 138 valence electrons. The molecule has 1 saturated carbocycles. The lowest BCUT2D eigenvalue weighted by Crippen LogP contribution is -2.40. The lowest BCUT2D eigenvalue weighted by atomic mass is 10.1. The molecule has 3 rings (SSSR count). The van der Waals surface area contributed by atoms with Crippen molar-refractivity contribution in [1.82, 2.24) is 10.2 Å². The van der Waals surface area contributed by atoms with Gasteiger partial charge in [0.05, 0.1) is 13.2 Å². The summed E-state index contributed by atoms with van der Waals surface area (Å²) in [6.07, 6.45) is 3.74. The molecule has 0 aromatic heterocycles. The highest BCUT2D eigenvalue weighted by Crippen LogP contribution is 2.51. The van der Waals surface area contributed by atoms with Crippen LogP contribution in [0.25, 0.3) is 0 Å². The molecule has 1 heterocycles.